The average molecular weight is 276 g/mol. The number of anilines is 2. The van der Waals surface area contributed by atoms with Crippen molar-refractivity contribution < 1.29 is 9.90 Å². The molecule has 2 rings (SSSR count). The number of Topliss-reactive ketones (excluding diaryl/α,β-unsaturated/α-hetero) is 1. The van der Waals surface area contributed by atoms with E-state index >= 15 is 0 Å². The Balaban J connectivity index is 2.40. The van der Waals surface area contributed by atoms with E-state index in [-0.39, 0.29) is 11.5 Å². The lowest BCUT2D eigenvalue weighted by Crippen LogP contribution is -2.10. The van der Waals surface area contributed by atoms with E-state index in [2.05, 4.69) is 0 Å². The van der Waals surface area contributed by atoms with Gasteiger partial charge in [0.1, 0.15) is 5.75 Å². The zero-order chi connectivity index (χ0) is 14.0. The van der Waals surface area contributed by atoms with Crippen molar-refractivity contribution in [2.24, 2.45) is 0 Å². The highest BCUT2D eigenvalue weighted by Crippen LogP contribution is 2.28. The van der Waals surface area contributed by atoms with E-state index in [0.717, 1.165) is 11.4 Å². The first-order valence-electron chi connectivity index (χ1n) is 5.81. The molecule has 0 bridgehead atoms. The minimum atomic E-state index is -0.0251. The van der Waals surface area contributed by atoms with Crippen molar-refractivity contribution in [1.82, 2.24) is 0 Å². The third-order valence-corrected chi connectivity index (χ3v) is 3.13. The predicted octanol–water partition coefficient (Wildman–Crippen LogP) is 4.02. The molecule has 0 atom stereocenters. The molecule has 0 saturated heterocycles. The molecule has 0 aliphatic carbocycles. The highest BCUT2D eigenvalue weighted by molar-refractivity contribution is 6.31. The summed E-state index contributed by atoms with van der Waals surface area (Å²) in [7, 11) is 1.88. The summed E-state index contributed by atoms with van der Waals surface area (Å²) >= 11 is 6.03. The molecule has 0 spiro atoms. The van der Waals surface area contributed by atoms with Crippen molar-refractivity contribution in [3.63, 3.8) is 0 Å². The first-order valence-corrected chi connectivity index (χ1v) is 6.19. The van der Waals surface area contributed by atoms with Crippen LogP contribution in [-0.4, -0.2) is 17.9 Å². The molecule has 0 heterocycles. The van der Waals surface area contributed by atoms with Crippen LogP contribution in [0.1, 0.15) is 17.3 Å². The number of ketones is 1. The maximum atomic E-state index is 11.4. The normalized spacial score (nSPS) is 10.3. The van der Waals surface area contributed by atoms with Crippen molar-refractivity contribution in [3.05, 3.63) is 53.1 Å². The van der Waals surface area contributed by atoms with Gasteiger partial charge in [0.25, 0.3) is 0 Å². The number of rotatable bonds is 3. The number of aromatic hydroxyl groups is 1. The zero-order valence-corrected chi connectivity index (χ0v) is 11.5. The molecule has 0 fully saturated rings. The predicted molar refractivity (Wildman–Crippen MR) is 77.6 cm³/mol. The average Bonchev–Trinajstić information content (AvgIpc) is 2.38. The highest BCUT2D eigenvalue weighted by atomic mass is 35.5. The number of nitrogens with zero attached hydrogens (tertiary/aromatic N) is 1. The van der Waals surface area contributed by atoms with Crippen molar-refractivity contribution in [1.29, 1.82) is 0 Å². The van der Waals surface area contributed by atoms with Crippen LogP contribution in [0.2, 0.25) is 5.02 Å². The number of carbonyl (C=O) groups is 1. The van der Waals surface area contributed by atoms with E-state index in [4.69, 9.17) is 11.6 Å². The molecule has 2 aromatic rings. The molecule has 0 aliphatic heterocycles. The SMILES string of the molecule is CC(=O)c1cc(Cl)cc(N(C)c2ccc(O)cc2)c1. The number of hydrogen-bond acceptors (Lipinski definition) is 3. The van der Waals surface area contributed by atoms with Crippen LogP contribution < -0.4 is 4.90 Å². The van der Waals surface area contributed by atoms with E-state index < -0.39 is 0 Å². The fraction of sp³-hybridized carbons (Fsp3) is 0.133. The third-order valence-electron chi connectivity index (χ3n) is 2.91. The van der Waals surface area contributed by atoms with Crippen LogP contribution in [0, 0.1) is 0 Å². The third kappa shape index (κ3) is 3.06. The number of benzene rings is 2. The minimum absolute atomic E-state index is 0.0251. The fourth-order valence-electron chi connectivity index (χ4n) is 1.80. The lowest BCUT2D eigenvalue weighted by Gasteiger charge is -2.20. The van der Waals surface area contributed by atoms with Crippen molar-refractivity contribution in [2.75, 3.05) is 11.9 Å². The summed E-state index contributed by atoms with van der Waals surface area (Å²) < 4.78 is 0. The summed E-state index contributed by atoms with van der Waals surface area (Å²) in [5.41, 5.74) is 2.30. The monoisotopic (exact) mass is 275 g/mol. The van der Waals surface area contributed by atoms with E-state index in [1.807, 2.05) is 11.9 Å². The van der Waals surface area contributed by atoms with Gasteiger partial charge >= 0.3 is 0 Å². The van der Waals surface area contributed by atoms with Gasteiger partial charge in [-0.2, -0.15) is 0 Å². The second-order valence-electron chi connectivity index (χ2n) is 4.33. The van der Waals surface area contributed by atoms with E-state index in [1.165, 1.54) is 6.92 Å². The first kappa shape index (κ1) is 13.4. The van der Waals surface area contributed by atoms with E-state index in [0.29, 0.717) is 10.6 Å². The number of halogens is 1. The van der Waals surface area contributed by atoms with Crippen molar-refractivity contribution in [3.8, 4) is 5.75 Å². The summed E-state index contributed by atoms with van der Waals surface area (Å²) in [4.78, 5) is 13.3. The number of carbonyl (C=O) groups excluding carboxylic acids is 1. The summed E-state index contributed by atoms with van der Waals surface area (Å²) in [5.74, 6) is 0.190. The van der Waals surface area contributed by atoms with Crippen LogP contribution >= 0.6 is 11.6 Å². The molecule has 1 N–H and O–H groups in total. The van der Waals surface area contributed by atoms with E-state index in [9.17, 15) is 9.90 Å². The molecule has 0 amide bonds. The van der Waals surface area contributed by atoms with Crippen molar-refractivity contribution in [2.45, 2.75) is 6.92 Å². The van der Waals surface area contributed by atoms with Crippen LogP contribution in [-0.2, 0) is 0 Å². The van der Waals surface area contributed by atoms with Gasteiger partial charge in [0.2, 0.25) is 0 Å². The molecule has 2 aromatic carbocycles. The van der Waals surface area contributed by atoms with Crippen LogP contribution in [0.25, 0.3) is 0 Å². The largest absolute Gasteiger partial charge is 0.508 e. The van der Waals surface area contributed by atoms with Gasteiger partial charge in [0.05, 0.1) is 0 Å². The van der Waals surface area contributed by atoms with Crippen LogP contribution in [0.3, 0.4) is 0 Å². The molecule has 4 heteroatoms. The van der Waals surface area contributed by atoms with Crippen LogP contribution in [0.5, 0.6) is 5.75 Å². The quantitative estimate of drug-likeness (QED) is 0.860. The second-order valence-corrected chi connectivity index (χ2v) is 4.77. The van der Waals surface area contributed by atoms with Gasteiger partial charge in [-0.3, -0.25) is 4.79 Å². The number of phenols is 1. The van der Waals surface area contributed by atoms with Crippen LogP contribution in [0.15, 0.2) is 42.5 Å². The maximum absolute atomic E-state index is 11.4. The van der Waals surface area contributed by atoms with Crippen molar-refractivity contribution >= 4 is 28.8 Å². The lowest BCUT2D eigenvalue weighted by molar-refractivity contribution is 0.101. The van der Waals surface area contributed by atoms with Gasteiger partial charge in [-0.25, -0.2) is 0 Å². The Morgan fingerprint density at radius 1 is 1.11 bits per heavy atom. The topological polar surface area (TPSA) is 40.5 Å². The zero-order valence-electron chi connectivity index (χ0n) is 10.7. The molecular weight excluding hydrogens is 262 g/mol. The van der Waals surface area contributed by atoms with Gasteiger partial charge in [0.15, 0.2) is 5.78 Å². The number of phenolic OH excluding ortho intramolecular Hbond substituents is 1. The fourth-order valence-corrected chi connectivity index (χ4v) is 2.03. The Bertz CT molecular complexity index is 608. The highest BCUT2D eigenvalue weighted by Gasteiger charge is 2.09. The Morgan fingerprint density at radius 3 is 2.32 bits per heavy atom. The minimum Gasteiger partial charge on any atom is -0.508 e. The van der Waals surface area contributed by atoms with Gasteiger partial charge in [0, 0.05) is 29.0 Å². The summed E-state index contributed by atoms with van der Waals surface area (Å²) in [5, 5.41) is 9.81. The van der Waals surface area contributed by atoms with Crippen LogP contribution in [0.4, 0.5) is 11.4 Å². The molecule has 98 valence electrons. The molecule has 0 radical (unpaired) electrons. The second kappa shape index (κ2) is 5.33. The molecule has 0 unspecified atom stereocenters. The Kier molecular flexibility index (Phi) is 3.76. The smallest absolute Gasteiger partial charge is 0.159 e. The summed E-state index contributed by atoms with van der Waals surface area (Å²) in [6.45, 7) is 1.51. The molecule has 0 aliphatic rings. The summed E-state index contributed by atoms with van der Waals surface area (Å²) in [6, 6.07) is 12.1. The molecule has 0 saturated carbocycles. The molecule has 3 nitrogen and oxygen atoms in total. The van der Waals surface area contributed by atoms with Gasteiger partial charge < -0.3 is 10.0 Å². The van der Waals surface area contributed by atoms with E-state index in [1.54, 1.807) is 42.5 Å². The molecule has 19 heavy (non-hydrogen) atoms. The van der Waals surface area contributed by atoms with Gasteiger partial charge in [-0.15, -0.1) is 0 Å². The Morgan fingerprint density at radius 2 is 1.74 bits per heavy atom. The Labute approximate surface area is 117 Å². The summed E-state index contributed by atoms with van der Waals surface area (Å²) in [6.07, 6.45) is 0. The maximum Gasteiger partial charge on any atom is 0.159 e. The molecule has 0 aromatic heterocycles. The first-order chi connectivity index (χ1) is 8.97. The number of hydrogen-bond donors (Lipinski definition) is 1. The van der Waals surface area contributed by atoms with Gasteiger partial charge in [-0.1, -0.05) is 11.6 Å². The lowest BCUT2D eigenvalue weighted by atomic mass is 10.1. The standard InChI is InChI=1S/C15H14ClNO2/c1-10(18)11-7-12(16)9-14(8-11)17(2)13-3-5-15(19)6-4-13/h3-9,19H,1-2H3. The molecular formula is C15H14ClNO2. The van der Waals surface area contributed by atoms with Gasteiger partial charge in [-0.05, 0) is 49.4 Å². The Hall–Kier alpha value is -2.00.